The fourth-order valence-electron chi connectivity index (χ4n) is 2.37. The molecule has 0 radical (unpaired) electrons. The number of para-hydroxylation sites is 1. The number of nitrogens with zero attached hydrogens (tertiary/aromatic N) is 1. The third kappa shape index (κ3) is 2.63. The van der Waals surface area contributed by atoms with Crippen LogP contribution in [0, 0.1) is 5.92 Å². The number of anilines is 1. The molecule has 2 heteroatoms. The minimum Gasteiger partial charge on any atom is -0.374 e. The van der Waals surface area contributed by atoms with E-state index in [1.165, 1.54) is 12.1 Å². The average molecular weight is 217 g/mol. The Hall–Kier alpha value is -1.31. The zero-order chi connectivity index (χ0) is 11.4. The van der Waals surface area contributed by atoms with Gasteiger partial charge in [0.05, 0.1) is 0 Å². The van der Waals surface area contributed by atoms with E-state index >= 15 is 0 Å². The first-order valence-electron chi connectivity index (χ1n) is 6.06. The second-order valence-electron chi connectivity index (χ2n) is 4.63. The second-order valence-corrected chi connectivity index (χ2v) is 4.63. The molecule has 1 unspecified atom stereocenters. The lowest BCUT2D eigenvalue weighted by molar-refractivity contribution is -0.124. The highest BCUT2D eigenvalue weighted by Crippen LogP contribution is 2.23. The maximum Gasteiger partial charge on any atom is 0.137 e. The third-order valence-electron chi connectivity index (χ3n) is 3.37. The Labute approximate surface area is 97.3 Å². The van der Waals surface area contributed by atoms with Gasteiger partial charge in [0.15, 0.2) is 0 Å². The first-order chi connectivity index (χ1) is 7.77. The molecular formula is C14H19NO. The number of rotatable bonds is 3. The predicted octanol–water partition coefficient (Wildman–Crippen LogP) is 2.88. The second kappa shape index (κ2) is 5.15. The highest BCUT2D eigenvalue weighted by atomic mass is 16.1. The molecule has 16 heavy (non-hydrogen) atoms. The maximum absolute atomic E-state index is 11.7. The van der Waals surface area contributed by atoms with Gasteiger partial charge in [-0.25, -0.2) is 0 Å². The van der Waals surface area contributed by atoms with Crippen LogP contribution in [0.4, 0.5) is 5.69 Å². The van der Waals surface area contributed by atoms with Gasteiger partial charge in [-0.1, -0.05) is 24.6 Å². The van der Waals surface area contributed by atoms with Gasteiger partial charge in [0.2, 0.25) is 0 Å². The lowest BCUT2D eigenvalue weighted by Crippen LogP contribution is -2.32. The molecule has 2 rings (SSSR count). The Balaban J connectivity index is 1.96. The molecule has 1 fully saturated rings. The van der Waals surface area contributed by atoms with Crippen molar-refractivity contribution in [3.8, 4) is 0 Å². The van der Waals surface area contributed by atoms with Crippen LogP contribution in [0.25, 0.3) is 0 Å². The summed E-state index contributed by atoms with van der Waals surface area (Å²) >= 11 is 0. The van der Waals surface area contributed by atoms with Crippen LogP contribution in [0.1, 0.15) is 25.7 Å². The molecule has 0 aliphatic heterocycles. The molecule has 1 aliphatic carbocycles. The van der Waals surface area contributed by atoms with Gasteiger partial charge >= 0.3 is 0 Å². The van der Waals surface area contributed by atoms with Crippen molar-refractivity contribution in [2.24, 2.45) is 5.92 Å². The van der Waals surface area contributed by atoms with Crippen molar-refractivity contribution in [1.82, 2.24) is 0 Å². The molecule has 2 nitrogen and oxygen atoms in total. The summed E-state index contributed by atoms with van der Waals surface area (Å²) in [6.45, 7) is 0.864. The van der Waals surface area contributed by atoms with Crippen LogP contribution in [-0.2, 0) is 4.79 Å². The molecule has 0 saturated heterocycles. The van der Waals surface area contributed by atoms with Crippen molar-refractivity contribution >= 4 is 11.5 Å². The minimum absolute atomic E-state index is 0.249. The highest BCUT2D eigenvalue weighted by molar-refractivity contribution is 5.82. The molecule has 0 bridgehead atoms. The summed E-state index contributed by atoms with van der Waals surface area (Å²) in [5.74, 6) is 0.702. The summed E-state index contributed by atoms with van der Waals surface area (Å²) in [6, 6.07) is 10.3. The van der Waals surface area contributed by atoms with Crippen molar-refractivity contribution in [3.05, 3.63) is 30.3 Å². The number of hydrogen-bond acceptors (Lipinski definition) is 2. The van der Waals surface area contributed by atoms with Gasteiger partial charge < -0.3 is 4.90 Å². The van der Waals surface area contributed by atoms with Crippen LogP contribution in [0.15, 0.2) is 30.3 Å². The molecule has 1 saturated carbocycles. The summed E-state index contributed by atoms with van der Waals surface area (Å²) in [5.41, 5.74) is 1.20. The number of hydrogen-bond donors (Lipinski definition) is 0. The van der Waals surface area contributed by atoms with Gasteiger partial charge in [-0.2, -0.15) is 0 Å². The van der Waals surface area contributed by atoms with Crippen LogP contribution in [0.3, 0.4) is 0 Å². The van der Waals surface area contributed by atoms with Gasteiger partial charge in [-0.3, -0.25) is 4.79 Å². The molecule has 86 valence electrons. The van der Waals surface area contributed by atoms with E-state index < -0.39 is 0 Å². The number of benzene rings is 1. The van der Waals surface area contributed by atoms with E-state index in [0.717, 1.165) is 25.8 Å². The SMILES string of the molecule is CN(CC1CCCCC1=O)c1ccccc1. The number of carbonyl (C=O) groups is 1. The quantitative estimate of drug-likeness (QED) is 0.776. The van der Waals surface area contributed by atoms with Crippen LogP contribution >= 0.6 is 0 Å². The largest absolute Gasteiger partial charge is 0.374 e. The fourth-order valence-corrected chi connectivity index (χ4v) is 2.37. The van der Waals surface area contributed by atoms with Crippen LogP contribution in [0.5, 0.6) is 0 Å². The standard InChI is InChI=1S/C14H19NO/c1-15(13-8-3-2-4-9-13)11-12-7-5-6-10-14(12)16/h2-4,8-9,12H,5-7,10-11H2,1H3. The zero-order valence-electron chi connectivity index (χ0n) is 9.86. The fraction of sp³-hybridized carbons (Fsp3) is 0.500. The predicted molar refractivity (Wildman–Crippen MR) is 66.7 cm³/mol. The van der Waals surface area contributed by atoms with Gasteiger partial charge in [0.25, 0.3) is 0 Å². The molecule has 0 spiro atoms. The number of Topliss-reactive ketones (excluding diaryl/α,β-unsaturated/α-hetero) is 1. The molecule has 0 N–H and O–H groups in total. The summed E-state index contributed by atoms with van der Waals surface area (Å²) in [5, 5.41) is 0. The molecule has 0 heterocycles. The lowest BCUT2D eigenvalue weighted by Gasteiger charge is -2.27. The normalized spacial score (nSPS) is 20.8. The summed E-state index contributed by atoms with van der Waals surface area (Å²) in [7, 11) is 2.07. The monoisotopic (exact) mass is 217 g/mol. The first-order valence-corrected chi connectivity index (χ1v) is 6.06. The molecule has 0 amide bonds. The van der Waals surface area contributed by atoms with Crippen LogP contribution in [0.2, 0.25) is 0 Å². The van der Waals surface area contributed by atoms with Gasteiger partial charge in [-0.15, -0.1) is 0 Å². The number of ketones is 1. The molecule has 1 aromatic carbocycles. The van der Waals surface area contributed by atoms with E-state index in [1.54, 1.807) is 0 Å². The van der Waals surface area contributed by atoms with Crippen molar-refractivity contribution in [3.63, 3.8) is 0 Å². The Morgan fingerprint density at radius 3 is 2.69 bits per heavy atom. The van der Waals surface area contributed by atoms with Gasteiger partial charge in [-0.05, 0) is 25.0 Å². The van der Waals surface area contributed by atoms with E-state index in [0.29, 0.717) is 5.78 Å². The van der Waals surface area contributed by atoms with Crippen LogP contribution < -0.4 is 4.90 Å². The Morgan fingerprint density at radius 2 is 2.00 bits per heavy atom. The van der Waals surface area contributed by atoms with Crippen molar-refractivity contribution in [1.29, 1.82) is 0 Å². The van der Waals surface area contributed by atoms with Crippen LogP contribution in [-0.4, -0.2) is 19.4 Å². The summed E-state index contributed by atoms with van der Waals surface area (Å²) in [6.07, 6.45) is 4.15. The minimum atomic E-state index is 0.249. The Bertz CT molecular complexity index is 347. The first kappa shape index (κ1) is 11.2. The lowest BCUT2D eigenvalue weighted by atomic mass is 9.87. The zero-order valence-corrected chi connectivity index (χ0v) is 9.86. The van der Waals surface area contributed by atoms with Gasteiger partial charge in [0, 0.05) is 31.6 Å². The summed E-state index contributed by atoms with van der Waals surface area (Å²) in [4.78, 5) is 13.9. The summed E-state index contributed by atoms with van der Waals surface area (Å²) < 4.78 is 0. The highest BCUT2D eigenvalue weighted by Gasteiger charge is 2.23. The van der Waals surface area contributed by atoms with Crippen molar-refractivity contribution in [2.75, 3.05) is 18.5 Å². The van der Waals surface area contributed by atoms with E-state index in [4.69, 9.17) is 0 Å². The van der Waals surface area contributed by atoms with E-state index in [1.807, 2.05) is 18.2 Å². The molecule has 1 aliphatic rings. The smallest absolute Gasteiger partial charge is 0.137 e. The average Bonchev–Trinajstić information content (AvgIpc) is 2.33. The van der Waals surface area contributed by atoms with E-state index in [2.05, 4.69) is 24.1 Å². The van der Waals surface area contributed by atoms with Gasteiger partial charge in [0.1, 0.15) is 5.78 Å². The molecular weight excluding hydrogens is 198 g/mol. The molecule has 1 atom stereocenters. The Kier molecular flexibility index (Phi) is 3.60. The van der Waals surface area contributed by atoms with Crippen molar-refractivity contribution in [2.45, 2.75) is 25.7 Å². The Morgan fingerprint density at radius 1 is 1.25 bits per heavy atom. The topological polar surface area (TPSA) is 20.3 Å². The third-order valence-corrected chi connectivity index (χ3v) is 3.37. The van der Waals surface area contributed by atoms with E-state index in [9.17, 15) is 4.79 Å². The number of carbonyl (C=O) groups excluding carboxylic acids is 1. The molecule has 0 aromatic heterocycles. The molecule has 1 aromatic rings. The van der Waals surface area contributed by atoms with E-state index in [-0.39, 0.29) is 5.92 Å². The van der Waals surface area contributed by atoms with Crippen molar-refractivity contribution < 1.29 is 4.79 Å². The maximum atomic E-state index is 11.7.